The van der Waals surface area contributed by atoms with Crippen LogP contribution in [0.15, 0.2) is 12.1 Å². The van der Waals surface area contributed by atoms with Crippen molar-refractivity contribution in [2.45, 2.75) is 32.2 Å². The molecule has 0 aromatic carbocycles. The van der Waals surface area contributed by atoms with E-state index in [1.54, 1.807) is 0 Å². The van der Waals surface area contributed by atoms with Crippen molar-refractivity contribution < 1.29 is 9.53 Å². The van der Waals surface area contributed by atoms with Crippen LogP contribution in [0.5, 0.6) is 0 Å². The van der Waals surface area contributed by atoms with E-state index in [9.17, 15) is 4.79 Å². The summed E-state index contributed by atoms with van der Waals surface area (Å²) in [7, 11) is 2.06. The molecule has 2 fully saturated rings. The summed E-state index contributed by atoms with van der Waals surface area (Å²) in [5, 5.41) is 8.37. The van der Waals surface area contributed by atoms with Gasteiger partial charge in [-0.15, -0.1) is 5.10 Å². The van der Waals surface area contributed by atoms with Crippen LogP contribution in [0, 0.1) is 12.8 Å². The third-order valence-electron chi connectivity index (χ3n) is 4.75. The highest BCUT2D eigenvalue weighted by Gasteiger charge is 2.31. The zero-order chi connectivity index (χ0) is 15.5. The number of anilines is 1. The van der Waals surface area contributed by atoms with Crippen LogP contribution in [0.25, 0.3) is 0 Å². The number of rotatable bonds is 3. The molecule has 2 saturated heterocycles. The van der Waals surface area contributed by atoms with Gasteiger partial charge in [-0.2, -0.15) is 5.10 Å². The number of carbonyl (C=O) groups is 1. The molecule has 3 rings (SSSR count). The summed E-state index contributed by atoms with van der Waals surface area (Å²) in [6, 6.07) is 4.41. The molecule has 2 aliphatic rings. The van der Waals surface area contributed by atoms with E-state index in [0.717, 1.165) is 50.5 Å². The van der Waals surface area contributed by atoms with Crippen molar-refractivity contribution in [2.24, 2.45) is 5.92 Å². The third kappa shape index (κ3) is 3.21. The van der Waals surface area contributed by atoms with E-state index in [4.69, 9.17) is 4.74 Å². The van der Waals surface area contributed by atoms with Crippen LogP contribution < -0.4 is 4.90 Å². The molecule has 0 spiro atoms. The second-order valence-corrected chi connectivity index (χ2v) is 6.26. The first-order valence-electron chi connectivity index (χ1n) is 8.05. The molecule has 1 atom stereocenters. The lowest BCUT2D eigenvalue weighted by Crippen LogP contribution is -2.47. The van der Waals surface area contributed by atoms with Crippen LogP contribution in [-0.4, -0.2) is 60.4 Å². The van der Waals surface area contributed by atoms with E-state index in [2.05, 4.69) is 22.1 Å². The summed E-state index contributed by atoms with van der Waals surface area (Å²) in [4.78, 5) is 16.6. The van der Waals surface area contributed by atoms with Gasteiger partial charge in [-0.25, -0.2) is 0 Å². The average molecular weight is 304 g/mol. The maximum Gasteiger partial charge on any atom is 0.228 e. The largest absolute Gasteiger partial charge is 0.381 e. The Morgan fingerprint density at radius 2 is 2.05 bits per heavy atom. The Balaban J connectivity index is 1.54. The van der Waals surface area contributed by atoms with Crippen molar-refractivity contribution in [1.82, 2.24) is 15.1 Å². The second-order valence-electron chi connectivity index (χ2n) is 6.26. The molecule has 6 nitrogen and oxygen atoms in total. The van der Waals surface area contributed by atoms with Gasteiger partial charge in [0.2, 0.25) is 5.91 Å². The monoisotopic (exact) mass is 304 g/mol. The zero-order valence-corrected chi connectivity index (χ0v) is 13.4. The molecule has 0 N–H and O–H groups in total. The first-order valence-corrected chi connectivity index (χ1v) is 8.05. The number of ether oxygens (including phenoxy) is 1. The lowest BCUT2D eigenvalue weighted by molar-refractivity contribution is -0.136. The zero-order valence-electron chi connectivity index (χ0n) is 13.4. The number of carbonyl (C=O) groups excluding carboxylic acids is 1. The van der Waals surface area contributed by atoms with Gasteiger partial charge in [0.05, 0.1) is 18.2 Å². The molecule has 3 heterocycles. The van der Waals surface area contributed by atoms with E-state index >= 15 is 0 Å². The maximum absolute atomic E-state index is 12.4. The molecule has 0 radical (unpaired) electrons. The van der Waals surface area contributed by atoms with Crippen LogP contribution >= 0.6 is 0 Å². The van der Waals surface area contributed by atoms with E-state index in [0.29, 0.717) is 12.6 Å². The predicted molar refractivity (Wildman–Crippen MR) is 83.7 cm³/mol. The third-order valence-corrected chi connectivity index (χ3v) is 4.75. The SMILES string of the molecule is Cc1ccc(N(C)C2CCN(C(=O)[C@@H]3CCOC3)CC2)nn1. The smallest absolute Gasteiger partial charge is 0.228 e. The van der Waals surface area contributed by atoms with Gasteiger partial charge in [0.25, 0.3) is 0 Å². The minimum absolute atomic E-state index is 0.0808. The Labute approximate surface area is 131 Å². The number of aryl methyl sites for hydroxylation is 1. The highest BCUT2D eigenvalue weighted by Crippen LogP contribution is 2.23. The predicted octanol–water partition coefficient (Wildman–Crippen LogP) is 1.25. The molecule has 1 aromatic heterocycles. The Morgan fingerprint density at radius 1 is 1.27 bits per heavy atom. The molecule has 1 aromatic rings. The Hall–Kier alpha value is -1.69. The Kier molecular flexibility index (Phi) is 4.57. The fourth-order valence-electron chi connectivity index (χ4n) is 3.23. The maximum atomic E-state index is 12.4. The molecule has 22 heavy (non-hydrogen) atoms. The number of piperidine rings is 1. The van der Waals surface area contributed by atoms with Crippen molar-refractivity contribution >= 4 is 11.7 Å². The molecular weight excluding hydrogens is 280 g/mol. The van der Waals surface area contributed by atoms with Crippen LogP contribution in [0.3, 0.4) is 0 Å². The normalized spacial score (nSPS) is 22.8. The van der Waals surface area contributed by atoms with Crippen molar-refractivity contribution in [3.05, 3.63) is 17.8 Å². The summed E-state index contributed by atoms with van der Waals surface area (Å²) in [5.41, 5.74) is 0.927. The van der Waals surface area contributed by atoms with E-state index in [1.807, 2.05) is 24.0 Å². The average Bonchev–Trinajstić information content (AvgIpc) is 3.09. The summed E-state index contributed by atoms with van der Waals surface area (Å²) < 4.78 is 5.32. The minimum Gasteiger partial charge on any atom is -0.381 e. The second kappa shape index (κ2) is 6.60. The van der Waals surface area contributed by atoms with Crippen molar-refractivity contribution in [3.8, 4) is 0 Å². The van der Waals surface area contributed by atoms with Gasteiger partial charge in [0.1, 0.15) is 0 Å². The molecular formula is C16H24N4O2. The number of amides is 1. The van der Waals surface area contributed by atoms with Gasteiger partial charge in [-0.1, -0.05) is 0 Å². The lowest BCUT2D eigenvalue weighted by atomic mass is 10.0. The van der Waals surface area contributed by atoms with Gasteiger partial charge in [-0.3, -0.25) is 4.79 Å². The molecule has 0 aliphatic carbocycles. The van der Waals surface area contributed by atoms with Crippen LogP contribution in [0.4, 0.5) is 5.82 Å². The molecule has 0 unspecified atom stereocenters. The lowest BCUT2D eigenvalue weighted by Gasteiger charge is -2.37. The van der Waals surface area contributed by atoms with E-state index in [1.165, 1.54) is 0 Å². The number of hydrogen-bond acceptors (Lipinski definition) is 5. The minimum atomic E-state index is 0.0808. The van der Waals surface area contributed by atoms with Crippen LogP contribution in [-0.2, 0) is 9.53 Å². The molecule has 120 valence electrons. The van der Waals surface area contributed by atoms with Crippen molar-refractivity contribution in [3.63, 3.8) is 0 Å². The van der Waals surface area contributed by atoms with E-state index in [-0.39, 0.29) is 11.8 Å². The quantitative estimate of drug-likeness (QED) is 0.841. The fraction of sp³-hybridized carbons (Fsp3) is 0.688. The van der Waals surface area contributed by atoms with Gasteiger partial charge in [0.15, 0.2) is 5.82 Å². The van der Waals surface area contributed by atoms with Gasteiger partial charge in [0, 0.05) is 32.8 Å². The van der Waals surface area contributed by atoms with Gasteiger partial charge < -0.3 is 14.5 Å². The summed E-state index contributed by atoms with van der Waals surface area (Å²) in [5.74, 6) is 1.26. The molecule has 0 bridgehead atoms. The first kappa shape index (κ1) is 15.2. The number of aromatic nitrogens is 2. The highest BCUT2D eigenvalue weighted by atomic mass is 16.5. The topological polar surface area (TPSA) is 58.6 Å². The van der Waals surface area contributed by atoms with Crippen molar-refractivity contribution in [1.29, 1.82) is 0 Å². The number of nitrogens with zero attached hydrogens (tertiary/aromatic N) is 4. The summed E-state index contributed by atoms with van der Waals surface area (Å²) in [6.07, 6.45) is 2.83. The van der Waals surface area contributed by atoms with Crippen molar-refractivity contribution in [2.75, 3.05) is 38.3 Å². The molecule has 1 amide bonds. The summed E-state index contributed by atoms with van der Waals surface area (Å²) in [6.45, 7) is 4.90. The Morgan fingerprint density at radius 3 is 2.64 bits per heavy atom. The van der Waals surface area contributed by atoms with Crippen LogP contribution in [0.2, 0.25) is 0 Å². The number of likely N-dealkylation sites (tertiary alicyclic amines) is 1. The fourth-order valence-corrected chi connectivity index (χ4v) is 3.23. The summed E-state index contributed by atoms with van der Waals surface area (Å²) >= 11 is 0. The van der Waals surface area contributed by atoms with Gasteiger partial charge >= 0.3 is 0 Å². The van der Waals surface area contributed by atoms with E-state index < -0.39 is 0 Å². The van der Waals surface area contributed by atoms with Gasteiger partial charge in [-0.05, 0) is 38.3 Å². The first-order chi connectivity index (χ1) is 10.6. The van der Waals surface area contributed by atoms with Crippen LogP contribution in [0.1, 0.15) is 25.0 Å². The number of hydrogen-bond donors (Lipinski definition) is 0. The molecule has 6 heteroatoms. The molecule has 0 saturated carbocycles. The highest BCUT2D eigenvalue weighted by molar-refractivity contribution is 5.79. The molecule has 2 aliphatic heterocycles. The Bertz CT molecular complexity index is 505. The standard InChI is InChI=1S/C16H24N4O2/c1-12-3-4-15(18-17-12)19(2)14-5-8-20(9-6-14)16(21)13-7-10-22-11-13/h3-4,13-14H,5-11H2,1-2H3/t13-/m1/s1.